The first-order chi connectivity index (χ1) is 12.0. The second-order valence-corrected chi connectivity index (χ2v) is 6.53. The molecule has 0 radical (unpaired) electrons. The summed E-state index contributed by atoms with van der Waals surface area (Å²) in [6.45, 7) is 10.2. The Bertz CT molecular complexity index is 724. The molecule has 2 aromatic carbocycles. The molecule has 0 spiro atoms. The minimum Gasteiger partial charge on any atom is -0.481 e. The Hall–Kier alpha value is -2.29. The maximum Gasteiger partial charge on any atom is 0.261 e. The third-order valence-electron chi connectivity index (χ3n) is 4.68. The maximum atomic E-state index is 12.6. The summed E-state index contributed by atoms with van der Waals surface area (Å²) in [5, 5.41) is 3.12. The van der Waals surface area contributed by atoms with Crippen LogP contribution in [0.1, 0.15) is 55.5 Å². The molecule has 0 fully saturated rings. The zero-order valence-corrected chi connectivity index (χ0v) is 15.9. The molecule has 2 unspecified atom stereocenters. The van der Waals surface area contributed by atoms with Gasteiger partial charge in [-0.15, -0.1) is 0 Å². The van der Waals surface area contributed by atoms with Gasteiger partial charge in [0.2, 0.25) is 0 Å². The van der Waals surface area contributed by atoms with E-state index in [-0.39, 0.29) is 11.9 Å². The van der Waals surface area contributed by atoms with E-state index in [1.807, 2.05) is 24.3 Å². The summed E-state index contributed by atoms with van der Waals surface area (Å²) in [5.41, 5.74) is 4.76. The average molecular weight is 339 g/mol. The fraction of sp³-hybridized carbons (Fsp3) is 0.409. The number of nitrogens with one attached hydrogen (secondary N) is 1. The van der Waals surface area contributed by atoms with E-state index >= 15 is 0 Å². The molecule has 3 heteroatoms. The molecule has 2 aromatic rings. The molecule has 0 saturated carbocycles. The number of carbonyl (C=O) groups excluding carboxylic acids is 1. The highest BCUT2D eigenvalue weighted by atomic mass is 16.5. The van der Waals surface area contributed by atoms with E-state index in [1.165, 1.54) is 11.1 Å². The Kier molecular flexibility index (Phi) is 6.63. The highest BCUT2D eigenvalue weighted by Gasteiger charge is 2.20. The van der Waals surface area contributed by atoms with Crippen molar-refractivity contribution in [2.24, 2.45) is 0 Å². The number of benzene rings is 2. The fourth-order valence-electron chi connectivity index (χ4n) is 2.85. The Morgan fingerprint density at radius 3 is 2.44 bits per heavy atom. The second-order valence-electron chi connectivity index (χ2n) is 6.53. The normalized spacial score (nSPS) is 13.2. The summed E-state index contributed by atoms with van der Waals surface area (Å²) >= 11 is 0. The van der Waals surface area contributed by atoms with Crippen molar-refractivity contribution in [1.82, 2.24) is 5.32 Å². The minimum atomic E-state index is -0.534. The van der Waals surface area contributed by atoms with Crippen molar-refractivity contribution in [3.05, 3.63) is 64.7 Å². The van der Waals surface area contributed by atoms with Gasteiger partial charge in [-0.2, -0.15) is 0 Å². The van der Waals surface area contributed by atoms with Crippen LogP contribution in [0.15, 0.2) is 42.5 Å². The van der Waals surface area contributed by atoms with Crippen LogP contribution in [0, 0.1) is 13.8 Å². The number of rotatable bonds is 7. The molecule has 25 heavy (non-hydrogen) atoms. The highest BCUT2D eigenvalue weighted by Crippen LogP contribution is 2.22. The molecule has 0 aliphatic rings. The zero-order chi connectivity index (χ0) is 18.4. The first-order valence-electron chi connectivity index (χ1n) is 9.08. The van der Waals surface area contributed by atoms with Gasteiger partial charge in [0.1, 0.15) is 5.75 Å². The summed E-state index contributed by atoms with van der Waals surface area (Å²) in [6, 6.07) is 14.2. The van der Waals surface area contributed by atoms with Crippen molar-refractivity contribution < 1.29 is 9.53 Å². The molecule has 0 heterocycles. The highest BCUT2D eigenvalue weighted by molar-refractivity contribution is 5.81. The number of aryl methyl sites for hydroxylation is 3. The first-order valence-corrected chi connectivity index (χ1v) is 9.08. The van der Waals surface area contributed by atoms with Gasteiger partial charge in [-0.3, -0.25) is 4.79 Å². The lowest BCUT2D eigenvalue weighted by Gasteiger charge is -2.22. The first kappa shape index (κ1) is 19.0. The van der Waals surface area contributed by atoms with Gasteiger partial charge in [0.15, 0.2) is 6.10 Å². The van der Waals surface area contributed by atoms with Gasteiger partial charge in [0.05, 0.1) is 6.04 Å². The van der Waals surface area contributed by atoms with E-state index in [2.05, 4.69) is 51.2 Å². The van der Waals surface area contributed by atoms with E-state index < -0.39 is 6.10 Å². The maximum absolute atomic E-state index is 12.6. The Balaban J connectivity index is 2.06. The topological polar surface area (TPSA) is 38.3 Å². The molecule has 3 nitrogen and oxygen atoms in total. The van der Waals surface area contributed by atoms with Gasteiger partial charge in [0.25, 0.3) is 5.91 Å². The van der Waals surface area contributed by atoms with Gasteiger partial charge < -0.3 is 10.1 Å². The van der Waals surface area contributed by atoms with E-state index in [0.29, 0.717) is 0 Å². The van der Waals surface area contributed by atoms with Gasteiger partial charge in [0, 0.05) is 0 Å². The molecule has 0 aliphatic carbocycles. The van der Waals surface area contributed by atoms with Crippen LogP contribution in [0.2, 0.25) is 0 Å². The van der Waals surface area contributed by atoms with Crippen LogP contribution in [0.25, 0.3) is 0 Å². The molecular weight excluding hydrogens is 310 g/mol. The standard InChI is InChI=1S/C22H29NO2/c1-6-18-10-8-9-11-21(18)25-17(5)22(24)23-20(7-2)19-13-12-15(3)16(4)14-19/h8-14,17,20H,6-7H2,1-5H3,(H,23,24). The van der Waals surface area contributed by atoms with Crippen molar-refractivity contribution in [2.45, 2.75) is 59.6 Å². The Morgan fingerprint density at radius 2 is 1.80 bits per heavy atom. The van der Waals surface area contributed by atoms with Gasteiger partial charge in [-0.05, 0) is 61.9 Å². The fourth-order valence-corrected chi connectivity index (χ4v) is 2.85. The van der Waals surface area contributed by atoms with Crippen LogP contribution in [-0.4, -0.2) is 12.0 Å². The summed E-state index contributed by atoms with van der Waals surface area (Å²) in [4.78, 5) is 12.6. The van der Waals surface area contributed by atoms with E-state index in [9.17, 15) is 4.79 Å². The zero-order valence-electron chi connectivity index (χ0n) is 15.9. The van der Waals surface area contributed by atoms with Crippen molar-refractivity contribution in [1.29, 1.82) is 0 Å². The Labute approximate surface area is 151 Å². The van der Waals surface area contributed by atoms with Crippen LogP contribution in [0.4, 0.5) is 0 Å². The molecule has 1 N–H and O–H groups in total. The van der Waals surface area contributed by atoms with Crippen LogP contribution in [0.5, 0.6) is 5.75 Å². The second kappa shape index (κ2) is 8.70. The van der Waals surface area contributed by atoms with E-state index in [0.717, 1.165) is 29.7 Å². The van der Waals surface area contributed by atoms with Crippen LogP contribution in [-0.2, 0) is 11.2 Å². The van der Waals surface area contributed by atoms with Crippen molar-refractivity contribution >= 4 is 5.91 Å². The third-order valence-corrected chi connectivity index (χ3v) is 4.68. The van der Waals surface area contributed by atoms with Gasteiger partial charge >= 0.3 is 0 Å². The lowest BCUT2D eigenvalue weighted by atomic mass is 9.99. The Morgan fingerprint density at radius 1 is 1.08 bits per heavy atom. The summed E-state index contributed by atoms with van der Waals surface area (Å²) in [5.74, 6) is 0.697. The minimum absolute atomic E-state index is 0.000677. The van der Waals surface area contributed by atoms with Crippen molar-refractivity contribution in [2.75, 3.05) is 0 Å². The van der Waals surface area contributed by atoms with Crippen molar-refractivity contribution in [3.63, 3.8) is 0 Å². The van der Waals surface area contributed by atoms with Crippen LogP contribution >= 0.6 is 0 Å². The molecule has 0 bridgehead atoms. The smallest absolute Gasteiger partial charge is 0.261 e. The van der Waals surface area contributed by atoms with E-state index in [4.69, 9.17) is 4.74 Å². The molecule has 2 rings (SSSR count). The van der Waals surface area contributed by atoms with Crippen LogP contribution in [0.3, 0.4) is 0 Å². The summed E-state index contributed by atoms with van der Waals surface area (Å²) in [6.07, 6.45) is 1.19. The lowest BCUT2D eigenvalue weighted by molar-refractivity contribution is -0.128. The predicted octanol–water partition coefficient (Wildman–Crippen LogP) is 4.90. The molecule has 2 atom stereocenters. The molecular formula is C22H29NO2. The molecule has 0 saturated heterocycles. The van der Waals surface area contributed by atoms with E-state index in [1.54, 1.807) is 6.92 Å². The summed E-state index contributed by atoms with van der Waals surface area (Å²) < 4.78 is 5.91. The number of para-hydroxylation sites is 1. The SMILES string of the molecule is CCc1ccccc1OC(C)C(=O)NC(CC)c1ccc(C)c(C)c1. The van der Waals surface area contributed by atoms with Crippen molar-refractivity contribution in [3.8, 4) is 5.75 Å². The predicted molar refractivity (Wildman–Crippen MR) is 103 cm³/mol. The quantitative estimate of drug-likeness (QED) is 0.779. The average Bonchev–Trinajstić information content (AvgIpc) is 2.62. The lowest BCUT2D eigenvalue weighted by Crippen LogP contribution is -2.38. The number of hydrogen-bond acceptors (Lipinski definition) is 2. The number of hydrogen-bond donors (Lipinski definition) is 1. The summed E-state index contributed by atoms with van der Waals surface area (Å²) in [7, 11) is 0. The number of ether oxygens (including phenoxy) is 1. The monoisotopic (exact) mass is 339 g/mol. The molecule has 1 amide bonds. The number of carbonyl (C=O) groups is 1. The third kappa shape index (κ3) is 4.85. The molecule has 0 aromatic heterocycles. The largest absolute Gasteiger partial charge is 0.481 e. The van der Waals surface area contributed by atoms with Crippen LogP contribution < -0.4 is 10.1 Å². The molecule has 134 valence electrons. The van der Waals surface area contributed by atoms with Gasteiger partial charge in [-0.25, -0.2) is 0 Å². The van der Waals surface area contributed by atoms with Gasteiger partial charge in [-0.1, -0.05) is 50.2 Å². The number of amides is 1. The molecule has 0 aliphatic heterocycles.